The van der Waals surface area contributed by atoms with Gasteiger partial charge >= 0.3 is 0 Å². The van der Waals surface area contributed by atoms with Crippen molar-refractivity contribution in [3.63, 3.8) is 0 Å². The van der Waals surface area contributed by atoms with Crippen molar-refractivity contribution < 1.29 is 0 Å². The molecule has 0 saturated heterocycles. The molecule has 0 saturated carbocycles. The summed E-state index contributed by atoms with van der Waals surface area (Å²) < 4.78 is 1.64. The molecule has 0 bridgehead atoms. The van der Waals surface area contributed by atoms with Crippen molar-refractivity contribution in [2.24, 2.45) is 5.41 Å². The minimum absolute atomic E-state index is 0.348. The topological polar surface area (TPSA) is 55.6 Å². The van der Waals surface area contributed by atoms with Crippen LogP contribution in [0.25, 0.3) is 5.82 Å². The molecule has 18 heavy (non-hydrogen) atoms. The summed E-state index contributed by atoms with van der Waals surface area (Å²) in [6.07, 6.45) is 6.07. The summed E-state index contributed by atoms with van der Waals surface area (Å²) >= 11 is 0. The predicted molar refractivity (Wildman–Crippen MR) is 71.7 cm³/mol. The van der Waals surface area contributed by atoms with Gasteiger partial charge in [0, 0.05) is 6.54 Å². The zero-order valence-corrected chi connectivity index (χ0v) is 11.1. The molecule has 0 fully saturated rings. The van der Waals surface area contributed by atoms with E-state index in [1.54, 1.807) is 11.0 Å². The highest BCUT2D eigenvalue weighted by atomic mass is 15.3. The second kappa shape index (κ2) is 5.16. The van der Waals surface area contributed by atoms with Crippen molar-refractivity contribution >= 4 is 5.69 Å². The van der Waals surface area contributed by atoms with E-state index in [1.807, 2.05) is 18.3 Å². The fraction of sp³-hybridized carbons (Fsp3) is 0.462. The normalized spacial score (nSPS) is 11.5. The number of nitrogens with one attached hydrogen (secondary N) is 1. The van der Waals surface area contributed by atoms with E-state index in [1.165, 1.54) is 6.33 Å². The molecule has 5 heteroatoms. The van der Waals surface area contributed by atoms with Gasteiger partial charge < -0.3 is 5.32 Å². The molecule has 0 aliphatic rings. The predicted octanol–water partition coefficient (Wildman–Crippen LogP) is 2.51. The van der Waals surface area contributed by atoms with Crippen LogP contribution in [0, 0.1) is 5.41 Å². The minimum Gasteiger partial charge on any atom is -0.384 e. The standard InChI is InChI=1S/C13H19N5/c1-13(2,3)6-7-15-11-4-5-12(16-8-11)18-10-14-9-17-18/h4-5,8-10,15H,6-7H2,1-3H3. The molecule has 0 aromatic carbocycles. The lowest BCUT2D eigenvalue weighted by molar-refractivity contribution is 0.390. The van der Waals surface area contributed by atoms with E-state index in [4.69, 9.17) is 0 Å². The Morgan fingerprint density at radius 1 is 1.28 bits per heavy atom. The molecule has 0 aliphatic heterocycles. The van der Waals surface area contributed by atoms with Gasteiger partial charge in [-0.15, -0.1) is 0 Å². The van der Waals surface area contributed by atoms with E-state index in [-0.39, 0.29) is 0 Å². The van der Waals surface area contributed by atoms with Gasteiger partial charge in [-0.2, -0.15) is 5.10 Å². The third-order valence-corrected chi connectivity index (χ3v) is 2.61. The van der Waals surface area contributed by atoms with Gasteiger partial charge in [0.1, 0.15) is 12.7 Å². The maximum Gasteiger partial charge on any atom is 0.155 e. The zero-order chi connectivity index (χ0) is 13.0. The van der Waals surface area contributed by atoms with Crippen molar-refractivity contribution in [1.29, 1.82) is 0 Å². The highest BCUT2D eigenvalue weighted by Gasteiger charge is 2.09. The SMILES string of the molecule is CC(C)(C)CCNc1ccc(-n2cncn2)nc1. The Kier molecular flexibility index (Phi) is 3.60. The number of hydrogen-bond donors (Lipinski definition) is 1. The van der Waals surface area contributed by atoms with E-state index >= 15 is 0 Å². The van der Waals surface area contributed by atoms with Gasteiger partial charge in [-0.3, -0.25) is 0 Å². The molecule has 2 aromatic heterocycles. The van der Waals surface area contributed by atoms with Crippen LogP contribution in [0.1, 0.15) is 27.2 Å². The van der Waals surface area contributed by atoms with Gasteiger partial charge in [0.05, 0.1) is 11.9 Å². The average Bonchev–Trinajstić information content (AvgIpc) is 2.82. The maximum atomic E-state index is 4.33. The van der Waals surface area contributed by atoms with E-state index < -0.39 is 0 Å². The third kappa shape index (κ3) is 3.55. The minimum atomic E-state index is 0.348. The van der Waals surface area contributed by atoms with Gasteiger partial charge in [-0.25, -0.2) is 14.6 Å². The number of hydrogen-bond acceptors (Lipinski definition) is 4. The highest BCUT2D eigenvalue weighted by Crippen LogP contribution is 2.18. The Labute approximate surface area is 107 Å². The first kappa shape index (κ1) is 12.5. The molecular weight excluding hydrogens is 226 g/mol. The molecule has 0 amide bonds. The summed E-state index contributed by atoms with van der Waals surface area (Å²) in [5.74, 6) is 0.772. The first-order valence-corrected chi connectivity index (χ1v) is 6.09. The molecule has 0 unspecified atom stereocenters. The van der Waals surface area contributed by atoms with Crippen LogP contribution < -0.4 is 5.32 Å². The molecule has 2 aromatic rings. The molecule has 2 heterocycles. The Morgan fingerprint density at radius 2 is 2.11 bits per heavy atom. The fourth-order valence-electron chi connectivity index (χ4n) is 1.53. The summed E-state index contributed by atoms with van der Waals surface area (Å²) in [7, 11) is 0. The molecule has 0 spiro atoms. The molecule has 0 aliphatic carbocycles. The van der Waals surface area contributed by atoms with Gasteiger partial charge in [0.2, 0.25) is 0 Å². The van der Waals surface area contributed by atoms with Crippen LogP contribution in [0.3, 0.4) is 0 Å². The summed E-state index contributed by atoms with van der Waals surface area (Å²) in [6.45, 7) is 7.66. The van der Waals surface area contributed by atoms with Crippen LogP contribution in [0.2, 0.25) is 0 Å². The van der Waals surface area contributed by atoms with Crippen LogP contribution in [-0.2, 0) is 0 Å². The van der Waals surface area contributed by atoms with Crippen LogP contribution in [0.5, 0.6) is 0 Å². The average molecular weight is 245 g/mol. The van der Waals surface area contributed by atoms with E-state index in [0.717, 1.165) is 24.5 Å². The zero-order valence-electron chi connectivity index (χ0n) is 11.1. The van der Waals surface area contributed by atoms with Gasteiger partial charge in [0.25, 0.3) is 0 Å². The molecule has 2 rings (SSSR count). The Balaban J connectivity index is 1.92. The largest absolute Gasteiger partial charge is 0.384 e. The molecule has 1 N–H and O–H groups in total. The number of nitrogens with zero attached hydrogens (tertiary/aromatic N) is 4. The van der Waals surface area contributed by atoms with Crippen LogP contribution in [-0.4, -0.2) is 26.3 Å². The van der Waals surface area contributed by atoms with Gasteiger partial charge in [-0.1, -0.05) is 20.8 Å². The molecule has 0 atom stereocenters. The molecular formula is C13H19N5. The lowest BCUT2D eigenvalue weighted by Crippen LogP contribution is -2.13. The maximum absolute atomic E-state index is 4.33. The Bertz CT molecular complexity index is 467. The van der Waals surface area contributed by atoms with E-state index in [9.17, 15) is 0 Å². The first-order chi connectivity index (χ1) is 8.54. The smallest absolute Gasteiger partial charge is 0.155 e. The van der Waals surface area contributed by atoms with Crippen molar-refractivity contribution in [3.05, 3.63) is 31.0 Å². The summed E-state index contributed by atoms with van der Waals surface area (Å²) in [5, 5.41) is 7.40. The van der Waals surface area contributed by atoms with Crippen molar-refractivity contribution in [1.82, 2.24) is 19.7 Å². The van der Waals surface area contributed by atoms with E-state index in [0.29, 0.717) is 5.41 Å². The second-order valence-corrected chi connectivity index (χ2v) is 5.48. The summed E-state index contributed by atoms with van der Waals surface area (Å²) in [6, 6.07) is 3.93. The fourth-order valence-corrected chi connectivity index (χ4v) is 1.53. The lowest BCUT2D eigenvalue weighted by atomic mass is 9.92. The Morgan fingerprint density at radius 3 is 2.67 bits per heavy atom. The summed E-state index contributed by atoms with van der Waals surface area (Å²) in [4.78, 5) is 8.23. The molecule has 0 radical (unpaired) electrons. The van der Waals surface area contributed by atoms with Gasteiger partial charge in [0.15, 0.2) is 5.82 Å². The third-order valence-electron chi connectivity index (χ3n) is 2.61. The van der Waals surface area contributed by atoms with Crippen LogP contribution in [0.4, 0.5) is 5.69 Å². The lowest BCUT2D eigenvalue weighted by Gasteiger charge is -2.18. The van der Waals surface area contributed by atoms with Gasteiger partial charge in [-0.05, 0) is 24.0 Å². The van der Waals surface area contributed by atoms with Crippen LogP contribution in [0.15, 0.2) is 31.0 Å². The van der Waals surface area contributed by atoms with Crippen molar-refractivity contribution in [2.75, 3.05) is 11.9 Å². The van der Waals surface area contributed by atoms with Crippen molar-refractivity contribution in [3.8, 4) is 5.82 Å². The summed E-state index contributed by atoms with van der Waals surface area (Å²) in [5.41, 5.74) is 1.38. The number of pyridine rings is 1. The monoisotopic (exact) mass is 245 g/mol. The highest BCUT2D eigenvalue weighted by molar-refractivity contribution is 5.43. The molecule has 5 nitrogen and oxygen atoms in total. The van der Waals surface area contributed by atoms with E-state index in [2.05, 4.69) is 41.2 Å². The Hall–Kier alpha value is -1.91. The number of rotatable bonds is 4. The quantitative estimate of drug-likeness (QED) is 0.899. The first-order valence-electron chi connectivity index (χ1n) is 6.09. The van der Waals surface area contributed by atoms with Crippen LogP contribution >= 0.6 is 0 Å². The van der Waals surface area contributed by atoms with Crippen molar-refractivity contribution in [2.45, 2.75) is 27.2 Å². The number of aromatic nitrogens is 4. The molecule has 96 valence electrons. The second-order valence-electron chi connectivity index (χ2n) is 5.48. The number of anilines is 1.